The van der Waals surface area contributed by atoms with Crippen molar-refractivity contribution in [2.75, 3.05) is 0 Å². The average Bonchev–Trinajstić information content (AvgIpc) is 2.76. The second kappa shape index (κ2) is 11.1. The summed E-state index contributed by atoms with van der Waals surface area (Å²) in [5.74, 6) is -1.05. The molecule has 0 bridgehead atoms. The number of benzene rings is 2. The van der Waals surface area contributed by atoms with Crippen molar-refractivity contribution < 1.29 is 14.0 Å². The lowest BCUT2D eigenvalue weighted by atomic mass is 9.95. The lowest BCUT2D eigenvalue weighted by Crippen LogP contribution is -2.50. The summed E-state index contributed by atoms with van der Waals surface area (Å²) in [6.07, 6.45) is 5.12. The number of nitrogens with zero attached hydrogens (tertiary/aromatic N) is 1. The van der Waals surface area contributed by atoms with E-state index >= 15 is 0 Å². The second-order valence-electron chi connectivity index (χ2n) is 8.04. The number of amides is 2. The molecule has 2 aromatic carbocycles. The first-order valence-electron chi connectivity index (χ1n) is 10.6. The van der Waals surface area contributed by atoms with E-state index in [1.807, 2.05) is 24.3 Å². The first-order chi connectivity index (χ1) is 14.8. The highest BCUT2D eigenvalue weighted by Crippen LogP contribution is 2.22. The summed E-state index contributed by atoms with van der Waals surface area (Å²) in [4.78, 5) is 27.7. The highest BCUT2D eigenvalue weighted by Gasteiger charge is 2.29. The molecule has 0 unspecified atom stereocenters. The SMILES string of the molecule is C[C@H](C(=O)NC1CCCCC1)N(Cc1ccc(Br)cc1)C(=O)Cc1c(F)cccc1Cl. The van der Waals surface area contributed by atoms with Crippen molar-refractivity contribution >= 4 is 39.3 Å². The molecular formula is C24H27BrClFN2O2. The Bertz CT molecular complexity index is 896. The monoisotopic (exact) mass is 508 g/mol. The van der Waals surface area contributed by atoms with Gasteiger partial charge >= 0.3 is 0 Å². The Kier molecular flexibility index (Phi) is 8.50. The van der Waals surface area contributed by atoms with E-state index in [-0.39, 0.29) is 41.4 Å². The fraction of sp³-hybridized carbons (Fsp3) is 0.417. The van der Waals surface area contributed by atoms with Crippen LogP contribution in [0.3, 0.4) is 0 Å². The van der Waals surface area contributed by atoms with Crippen LogP contribution in [0, 0.1) is 5.82 Å². The van der Waals surface area contributed by atoms with E-state index in [4.69, 9.17) is 11.6 Å². The maximum absolute atomic E-state index is 14.3. The molecule has 0 aliphatic heterocycles. The third-order valence-electron chi connectivity index (χ3n) is 5.77. The molecule has 1 saturated carbocycles. The highest BCUT2D eigenvalue weighted by molar-refractivity contribution is 9.10. The van der Waals surface area contributed by atoms with Crippen LogP contribution < -0.4 is 5.32 Å². The van der Waals surface area contributed by atoms with Gasteiger partial charge in [0, 0.05) is 27.6 Å². The van der Waals surface area contributed by atoms with Crippen molar-refractivity contribution in [3.05, 3.63) is 68.9 Å². The van der Waals surface area contributed by atoms with Crippen LogP contribution in [0.5, 0.6) is 0 Å². The standard InChI is InChI=1S/C24H27BrClFN2O2/c1-16(24(31)28-19-6-3-2-4-7-19)29(15-17-10-12-18(25)13-11-17)23(30)14-20-21(26)8-5-9-22(20)27/h5,8-13,16,19H,2-4,6-7,14-15H2,1H3,(H,28,31)/t16-/m1/s1. The Balaban J connectivity index is 1.79. The van der Waals surface area contributed by atoms with Crippen LogP contribution in [0.1, 0.15) is 50.2 Å². The third kappa shape index (κ3) is 6.53. The fourth-order valence-electron chi connectivity index (χ4n) is 3.89. The van der Waals surface area contributed by atoms with Crippen molar-refractivity contribution in [2.45, 2.75) is 64.1 Å². The van der Waals surface area contributed by atoms with Gasteiger partial charge in [-0.1, -0.05) is 65.0 Å². The van der Waals surface area contributed by atoms with E-state index in [0.29, 0.717) is 0 Å². The molecule has 1 fully saturated rings. The molecule has 0 heterocycles. The Morgan fingerprint density at radius 3 is 2.48 bits per heavy atom. The van der Waals surface area contributed by atoms with Crippen LogP contribution in [0.2, 0.25) is 5.02 Å². The van der Waals surface area contributed by atoms with Crippen molar-refractivity contribution in [1.29, 1.82) is 0 Å². The number of carbonyl (C=O) groups is 2. The van der Waals surface area contributed by atoms with E-state index in [1.165, 1.54) is 23.5 Å². The van der Waals surface area contributed by atoms with Gasteiger partial charge in [0.1, 0.15) is 11.9 Å². The van der Waals surface area contributed by atoms with Gasteiger partial charge in [-0.2, -0.15) is 0 Å². The molecule has 2 amide bonds. The van der Waals surface area contributed by atoms with Gasteiger partial charge in [0.15, 0.2) is 0 Å². The molecule has 7 heteroatoms. The number of nitrogens with one attached hydrogen (secondary N) is 1. The van der Waals surface area contributed by atoms with E-state index < -0.39 is 11.9 Å². The second-order valence-corrected chi connectivity index (χ2v) is 9.37. The average molecular weight is 510 g/mol. The Morgan fingerprint density at radius 2 is 1.84 bits per heavy atom. The topological polar surface area (TPSA) is 49.4 Å². The Morgan fingerprint density at radius 1 is 1.16 bits per heavy atom. The van der Waals surface area contributed by atoms with Crippen LogP contribution >= 0.6 is 27.5 Å². The van der Waals surface area contributed by atoms with Gasteiger partial charge in [-0.25, -0.2) is 4.39 Å². The molecule has 1 N–H and O–H groups in total. The maximum Gasteiger partial charge on any atom is 0.242 e. The van der Waals surface area contributed by atoms with E-state index in [0.717, 1.165) is 35.7 Å². The molecule has 1 aliphatic carbocycles. The molecule has 3 rings (SSSR count). The summed E-state index contributed by atoms with van der Waals surface area (Å²) in [5, 5.41) is 3.30. The molecule has 2 aromatic rings. The molecule has 166 valence electrons. The van der Waals surface area contributed by atoms with Crippen LogP contribution in [0.15, 0.2) is 46.9 Å². The lowest BCUT2D eigenvalue weighted by molar-refractivity contribution is -0.140. The summed E-state index contributed by atoms with van der Waals surface area (Å²) in [6.45, 7) is 1.97. The summed E-state index contributed by atoms with van der Waals surface area (Å²) in [5.41, 5.74) is 1.03. The summed E-state index contributed by atoms with van der Waals surface area (Å²) in [7, 11) is 0. The van der Waals surface area contributed by atoms with Gasteiger partial charge in [-0.15, -0.1) is 0 Å². The number of hydrogen-bond acceptors (Lipinski definition) is 2. The summed E-state index contributed by atoms with van der Waals surface area (Å²) >= 11 is 9.54. The number of carbonyl (C=O) groups excluding carboxylic acids is 2. The summed E-state index contributed by atoms with van der Waals surface area (Å²) < 4.78 is 15.2. The predicted molar refractivity (Wildman–Crippen MR) is 124 cm³/mol. The number of halogens is 3. The number of hydrogen-bond donors (Lipinski definition) is 1. The molecule has 4 nitrogen and oxygen atoms in total. The molecule has 0 radical (unpaired) electrons. The lowest BCUT2D eigenvalue weighted by Gasteiger charge is -2.31. The van der Waals surface area contributed by atoms with Crippen LogP contribution in [-0.4, -0.2) is 28.8 Å². The largest absolute Gasteiger partial charge is 0.352 e. The van der Waals surface area contributed by atoms with Crippen molar-refractivity contribution in [1.82, 2.24) is 10.2 Å². The zero-order valence-corrected chi connectivity index (χ0v) is 19.9. The highest BCUT2D eigenvalue weighted by atomic mass is 79.9. The van der Waals surface area contributed by atoms with Crippen molar-refractivity contribution in [2.24, 2.45) is 0 Å². The minimum Gasteiger partial charge on any atom is -0.352 e. The smallest absolute Gasteiger partial charge is 0.242 e. The van der Waals surface area contributed by atoms with Crippen LogP contribution in [0.4, 0.5) is 4.39 Å². The molecule has 1 aliphatic rings. The fourth-order valence-corrected chi connectivity index (χ4v) is 4.39. The predicted octanol–water partition coefficient (Wildman–Crippen LogP) is 5.65. The Hall–Kier alpha value is -1.92. The van der Waals surface area contributed by atoms with E-state index in [1.54, 1.807) is 13.0 Å². The molecule has 31 heavy (non-hydrogen) atoms. The zero-order valence-electron chi connectivity index (χ0n) is 17.5. The normalized spacial score (nSPS) is 15.4. The van der Waals surface area contributed by atoms with Gasteiger partial charge in [-0.05, 0) is 49.6 Å². The summed E-state index contributed by atoms with van der Waals surface area (Å²) in [6, 6.07) is 11.4. The molecule has 0 aromatic heterocycles. The zero-order chi connectivity index (χ0) is 22.4. The minimum atomic E-state index is -0.691. The first kappa shape index (κ1) is 23.7. The maximum atomic E-state index is 14.3. The minimum absolute atomic E-state index is 0.148. The van der Waals surface area contributed by atoms with Crippen LogP contribution in [0.25, 0.3) is 0 Å². The number of rotatable bonds is 7. The molecular weight excluding hydrogens is 483 g/mol. The van der Waals surface area contributed by atoms with E-state index in [2.05, 4.69) is 21.2 Å². The quantitative estimate of drug-likeness (QED) is 0.524. The van der Waals surface area contributed by atoms with Crippen molar-refractivity contribution in [3.8, 4) is 0 Å². The van der Waals surface area contributed by atoms with E-state index in [9.17, 15) is 14.0 Å². The first-order valence-corrected chi connectivity index (χ1v) is 11.8. The van der Waals surface area contributed by atoms with Gasteiger partial charge in [0.05, 0.1) is 6.42 Å². The van der Waals surface area contributed by atoms with Crippen molar-refractivity contribution in [3.63, 3.8) is 0 Å². The molecule has 0 saturated heterocycles. The van der Waals surface area contributed by atoms with Crippen LogP contribution in [-0.2, 0) is 22.6 Å². The van der Waals surface area contributed by atoms with Gasteiger partial charge in [0.25, 0.3) is 0 Å². The third-order valence-corrected chi connectivity index (χ3v) is 6.66. The Labute approximate surface area is 196 Å². The van der Waals surface area contributed by atoms with Gasteiger partial charge in [0.2, 0.25) is 11.8 Å². The van der Waals surface area contributed by atoms with Gasteiger partial charge < -0.3 is 10.2 Å². The van der Waals surface area contributed by atoms with Gasteiger partial charge in [-0.3, -0.25) is 9.59 Å². The molecule has 0 spiro atoms. The molecule has 1 atom stereocenters.